The van der Waals surface area contributed by atoms with Crippen LogP contribution in [0.15, 0.2) is 34.9 Å². The van der Waals surface area contributed by atoms with Crippen LogP contribution in [0, 0.1) is 12.8 Å². The SMILES string of the molecule is COc1ccccc1CN[C@@H]1CCC[C@H]1Cc1cc(C)no1.O=C(O)CC(O)(CC(=O)O)C(=O)O. The molecule has 2 aromatic rings. The zero-order valence-corrected chi connectivity index (χ0v) is 19.8. The Morgan fingerprint density at radius 2 is 1.80 bits per heavy atom. The Labute approximate surface area is 202 Å². The summed E-state index contributed by atoms with van der Waals surface area (Å²) < 4.78 is 10.8. The summed E-state index contributed by atoms with van der Waals surface area (Å²) in [5.41, 5.74) is -0.560. The lowest BCUT2D eigenvalue weighted by atomic mass is 9.96. The number of methoxy groups -OCH3 is 1. The van der Waals surface area contributed by atoms with E-state index in [-0.39, 0.29) is 0 Å². The highest BCUT2D eigenvalue weighted by Gasteiger charge is 2.40. The summed E-state index contributed by atoms with van der Waals surface area (Å²) in [6.45, 7) is 2.82. The lowest BCUT2D eigenvalue weighted by Crippen LogP contribution is -2.42. The second-order valence-electron chi connectivity index (χ2n) is 8.61. The molecule has 5 N–H and O–H groups in total. The minimum Gasteiger partial charge on any atom is -0.496 e. The van der Waals surface area contributed by atoms with E-state index in [1.54, 1.807) is 7.11 Å². The van der Waals surface area contributed by atoms with Gasteiger partial charge in [0.05, 0.1) is 25.6 Å². The molecule has 1 aromatic carbocycles. The van der Waals surface area contributed by atoms with Crippen molar-refractivity contribution < 1.29 is 44.1 Å². The van der Waals surface area contributed by atoms with Crippen molar-refractivity contribution in [3.8, 4) is 5.75 Å². The molecule has 0 aliphatic heterocycles. The fraction of sp³-hybridized carbons (Fsp3) is 0.500. The molecule has 2 atom stereocenters. The number of aliphatic hydroxyl groups is 1. The van der Waals surface area contributed by atoms with Gasteiger partial charge in [-0.1, -0.05) is 29.8 Å². The fourth-order valence-corrected chi connectivity index (χ4v) is 4.12. The molecule has 0 amide bonds. The van der Waals surface area contributed by atoms with Crippen LogP contribution in [0.5, 0.6) is 5.75 Å². The van der Waals surface area contributed by atoms with Crippen LogP contribution in [0.25, 0.3) is 0 Å². The largest absolute Gasteiger partial charge is 0.496 e. The summed E-state index contributed by atoms with van der Waals surface area (Å²) in [6, 6.07) is 10.8. The Bertz CT molecular complexity index is 988. The molecule has 1 heterocycles. The number of carboxylic acid groups (broad SMARTS) is 3. The molecule has 0 spiro atoms. The summed E-state index contributed by atoms with van der Waals surface area (Å²) in [5, 5.41) is 41.5. The zero-order valence-electron chi connectivity index (χ0n) is 19.8. The Morgan fingerprint density at radius 1 is 1.14 bits per heavy atom. The van der Waals surface area contributed by atoms with Crippen molar-refractivity contribution in [2.24, 2.45) is 5.92 Å². The molecule has 3 rings (SSSR count). The number of aromatic nitrogens is 1. The van der Waals surface area contributed by atoms with E-state index in [9.17, 15) is 14.4 Å². The van der Waals surface area contributed by atoms with Crippen LogP contribution in [0.3, 0.4) is 0 Å². The van der Waals surface area contributed by atoms with E-state index in [1.165, 1.54) is 24.8 Å². The number of ether oxygens (including phenoxy) is 1. The van der Waals surface area contributed by atoms with Crippen LogP contribution in [0.2, 0.25) is 0 Å². The second kappa shape index (κ2) is 12.9. The molecule has 1 aliphatic carbocycles. The van der Waals surface area contributed by atoms with Crippen LogP contribution in [0.1, 0.15) is 49.1 Å². The third kappa shape index (κ3) is 8.69. The van der Waals surface area contributed by atoms with E-state index < -0.39 is 36.4 Å². The van der Waals surface area contributed by atoms with Gasteiger partial charge in [0, 0.05) is 30.6 Å². The van der Waals surface area contributed by atoms with Gasteiger partial charge in [-0.15, -0.1) is 0 Å². The van der Waals surface area contributed by atoms with E-state index >= 15 is 0 Å². The smallest absolute Gasteiger partial charge is 0.336 e. The van der Waals surface area contributed by atoms with E-state index in [4.69, 9.17) is 29.7 Å². The van der Waals surface area contributed by atoms with Gasteiger partial charge in [0.15, 0.2) is 5.60 Å². The summed E-state index contributed by atoms with van der Waals surface area (Å²) >= 11 is 0. The van der Waals surface area contributed by atoms with Gasteiger partial charge >= 0.3 is 17.9 Å². The predicted octanol–water partition coefficient (Wildman–Crippen LogP) is 2.24. The molecular formula is C24H32N2O9. The Kier molecular flexibility index (Phi) is 10.2. The number of para-hydroxylation sites is 1. The number of aliphatic carboxylic acids is 3. The molecule has 0 saturated heterocycles. The number of rotatable bonds is 11. The maximum absolute atomic E-state index is 10.3. The lowest BCUT2D eigenvalue weighted by Gasteiger charge is -2.20. The molecule has 192 valence electrons. The van der Waals surface area contributed by atoms with Gasteiger partial charge in [-0.2, -0.15) is 0 Å². The first-order valence-corrected chi connectivity index (χ1v) is 11.2. The van der Waals surface area contributed by atoms with Crippen molar-refractivity contribution in [2.75, 3.05) is 7.11 Å². The van der Waals surface area contributed by atoms with E-state index in [2.05, 4.69) is 28.7 Å². The van der Waals surface area contributed by atoms with Crippen LogP contribution >= 0.6 is 0 Å². The van der Waals surface area contributed by atoms with Crippen LogP contribution in [-0.4, -0.2) is 62.2 Å². The monoisotopic (exact) mass is 492 g/mol. The number of nitrogens with one attached hydrogen (secondary N) is 1. The van der Waals surface area contributed by atoms with Crippen molar-refractivity contribution in [3.05, 3.63) is 47.3 Å². The number of hydrogen-bond donors (Lipinski definition) is 5. The number of hydrogen-bond acceptors (Lipinski definition) is 8. The average molecular weight is 493 g/mol. The quantitative estimate of drug-likeness (QED) is 0.310. The highest BCUT2D eigenvalue weighted by Crippen LogP contribution is 2.30. The van der Waals surface area contributed by atoms with Gasteiger partial charge in [-0.25, -0.2) is 4.79 Å². The summed E-state index contributed by atoms with van der Waals surface area (Å²) in [6.07, 6.45) is 2.45. The molecule has 1 aromatic heterocycles. The number of carboxylic acids is 3. The van der Waals surface area contributed by atoms with E-state index in [0.29, 0.717) is 12.0 Å². The van der Waals surface area contributed by atoms with E-state index in [1.807, 2.05) is 19.1 Å². The number of nitrogens with zero attached hydrogens (tertiary/aromatic N) is 1. The van der Waals surface area contributed by atoms with Crippen molar-refractivity contribution in [3.63, 3.8) is 0 Å². The molecule has 0 radical (unpaired) electrons. The molecule has 11 heteroatoms. The fourth-order valence-electron chi connectivity index (χ4n) is 4.12. The number of aryl methyl sites for hydroxylation is 1. The summed E-state index contributed by atoms with van der Waals surface area (Å²) in [5.74, 6) is -2.43. The Morgan fingerprint density at radius 3 is 2.34 bits per heavy atom. The first-order chi connectivity index (χ1) is 16.5. The molecule has 1 aliphatic rings. The predicted molar refractivity (Wildman–Crippen MR) is 123 cm³/mol. The molecule has 35 heavy (non-hydrogen) atoms. The normalized spacial score (nSPS) is 17.3. The van der Waals surface area contributed by atoms with Crippen LogP contribution in [-0.2, 0) is 27.3 Å². The number of benzene rings is 1. The highest BCUT2D eigenvalue weighted by molar-refractivity contribution is 5.88. The van der Waals surface area contributed by atoms with Crippen LogP contribution in [0.4, 0.5) is 0 Å². The van der Waals surface area contributed by atoms with Gasteiger partial charge in [0.25, 0.3) is 0 Å². The first kappa shape index (κ1) is 27.8. The van der Waals surface area contributed by atoms with Gasteiger partial charge < -0.3 is 35.0 Å². The van der Waals surface area contributed by atoms with Crippen molar-refractivity contribution >= 4 is 17.9 Å². The van der Waals surface area contributed by atoms with Gasteiger partial charge in [0.2, 0.25) is 0 Å². The molecule has 1 saturated carbocycles. The molecular weight excluding hydrogens is 460 g/mol. The Balaban J connectivity index is 0.000000287. The van der Waals surface area contributed by atoms with Crippen molar-refractivity contribution in [1.82, 2.24) is 10.5 Å². The maximum Gasteiger partial charge on any atom is 0.336 e. The summed E-state index contributed by atoms with van der Waals surface area (Å²) in [7, 11) is 1.73. The Hall–Kier alpha value is -3.44. The summed E-state index contributed by atoms with van der Waals surface area (Å²) in [4.78, 5) is 30.5. The number of carbonyl (C=O) groups is 3. The van der Waals surface area contributed by atoms with Crippen molar-refractivity contribution in [1.29, 1.82) is 0 Å². The zero-order chi connectivity index (χ0) is 26.0. The minimum atomic E-state index is -2.74. The first-order valence-electron chi connectivity index (χ1n) is 11.2. The van der Waals surface area contributed by atoms with Crippen LogP contribution < -0.4 is 10.1 Å². The van der Waals surface area contributed by atoms with E-state index in [0.717, 1.165) is 30.2 Å². The van der Waals surface area contributed by atoms with Gasteiger partial charge in [-0.05, 0) is 31.7 Å². The standard InChI is InChI=1S/C18H24N2O2.C6H8O7/c1-13-10-16(22-20-13)11-14-7-5-8-17(14)19-12-15-6-3-4-9-18(15)21-2;7-3(8)1-6(13,5(11)12)2-4(9)10/h3-4,6,9-10,14,17,19H,5,7-8,11-12H2,1-2H3;13H,1-2H2,(H,7,8)(H,9,10)(H,11,12)/t14-,17+;/m0./s1. The molecule has 11 nitrogen and oxygen atoms in total. The molecule has 1 fully saturated rings. The highest BCUT2D eigenvalue weighted by atomic mass is 16.5. The van der Waals surface area contributed by atoms with Gasteiger partial charge in [0.1, 0.15) is 11.5 Å². The minimum absolute atomic E-state index is 0.537. The average Bonchev–Trinajstić information content (AvgIpc) is 3.40. The lowest BCUT2D eigenvalue weighted by molar-refractivity contribution is -0.170. The molecule has 0 unspecified atom stereocenters. The third-order valence-electron chi connectivity index (χ3n) is 5.83. The second-order valence-corrected chi connectivity index (χ2v) is 8.61. The molecule has 0 bridgehead atoms. The topological polar surface area (TPSA) is 179 Å². The van der Waals surface area contributed by atoms with Gasteiger partial charge in [-0.3, -0.25) is 9.59 Å². The van der Waals surface area contributed by atoms with Crippen molar-refractivity contribution in [2.45, 2.75) is 63.6 Å². The third-order valence-corrected chi connectivity index (χ3v) is 5.83. The maximum atomic E-state index is 10.3.